The second-order valence-electron chi connectivity index (χ2n) is 6.68. The van der Waals surface area contributed by atoms with Crippen molar-refractivity contribution in [1.82, 2.24) is 0 Å². The van der Waals surface area contributed by atoms with Gasteiger partial charge in [0, 0.05) is 34.9 Å². The van der Waals surface area contributed by atoms with E-state index < -0.39 is 17.5 Å². The number of carbonyl (C=O) groups excluding carboxylic acids is 2. The molecule has 0 saturated carbocycles. The number of aromatic hydroxyl groups is 1. The second kappa shape index (κ2) is 5.97. The first-order chi connectivity index (χ1) is 14.0. The van der Waals surface area contributed by atoms with Gasteiger partial charge in [0.1, 0.15) is 23.0 Å². The molecule has 5 rings (SSSR count). The van der Waals surface area contributed by atoms with Gasteiger partial charge in [0.25, 0.3) is 0 Å². The minimum absolute atomic E-state index is 0.00852. The zero-order chi connectivity index (χ0) is 20.2. The summed E-state index contributed by atoms with van der Waals surface area (Å²) in [6, 6.07) is 16.6. The van der Waals surface area contributed by atoms with Crippen molar-refractivity contribution in [2.24, 2.45) is 0 Å². The van der Waals surface area contributed by atoms with Gasteiger partial charge in [-0.2, -0.15) is 0 Å². The Morgan fingerprint density at radius 2 is 1.72 bits per heavy atom. The van der Waals surface area contributed by atoms with Crippen LogP contribution in [0.15, 0.2) is 73.3 Å². The predicted molar refractivity (Wildman–Crippen MR) is 102 cm³/mol. The van der Waals surface area contributed by atoms with Crippen LogP contribution in [0.4, 0.5) is 0 Å². The Morgan fingerprint density at radius 1 is 1.00 bits per heavy atom. The third-order valence-electron chi connectivity index (χ3n) is 5.05. The number of ether oxygens (including phenoxy) is 3. The van der Waals surface area contributed by atoms with Crippen molar-refractivity contribution in [2.45, 2.75) is 5.60 Å². The normalized spacial score (nSPS) is 18.1. The summed E-state index contributed by atoms with van der Waals surface area (Å²) in [6.45, 7) is 3.38. The van der Waals surface area contributed by atoms with E-state index in [1.807, 2.05) is 12.1 Å². The maximum atomic E-state index is 12.7. The fourth-order valence-corrected chi connectivity index (χ4v) is 3.87. The lowest BCUT2D eigenvalue weighted by Gasteiger charge is -2.36. The van der Waals surface area contributed by atoms with Gasteiger partial charge in [-0.15, -0.1) is 0 Å². The van der Waals surface area contributed by atoms with Gasteiger partial charge in [0.2, 0.25) is 0 Å². The Balaban J connectivity index is 1.78. The summed E-state index contributed by atoms with van der Waals surface area (Å²) in [5.41, 5.74) is 1.09. The van der Waals surface area contributed by atoms with Crippen LogP contribution >= 0.6 is 0 Å². The van der Waals surface area contributed by atoms with Crippen LogP contribution < -0.4 is 9.47 Å². The molecule has 0 fully saturated rings. The SMILES string of the molecule is C=CC(=O)Oc1ccc2c(c1)Oc1cc(O)ccc1[C@]21OC(=O)c2ccccc21. The molecular formula is C23H14O6. The van der Waals surface area contributed by atoms with Crippen molar-refractivity contribution >= 4 is 11.9 Å². The average molecular weight is 386 g/mol. The van der Waals surface area contributed by atoms with Crippen LogP contribution in [0.25, 0.3) is 0 Å². The van der Waals surface area contributed by atoms with Crippen LogP contribution in [0.3, 0.4) is 0 Å². The van der Waals surface area contributed by atoms with E-state index in [1.54, 1.807) is 36.4 Å². The van der Waals surface area contributed by atoms with E-state index in [2.05, 4.69) is 6.58 Å². The third-order valence-corrected chi connectivity index (χ3v) is 5.05. The lowest BCUT2D eigenvalue weighted by atomic mass is 9.77. The minimum atomic E-state index is -1.23. The largest absolute Gasteiger partial charge is 0.508 e. The van der Waals surface area contributed by atoms with E-state index in [1.165, 1.54) is 12.1 Å². The monoisotopic (exact) mass is 386 g/mol. The van der Waals surface area contributed by atoms with Crippen molar-refractivity contribution in [3.05, 3.63) is 95.6 Å². The fourth-order valence-electron chi connectivity index (χ4n) is 3.87. The summed E-state index contributed by atoms with van der Waals surface area (Å²) < 4.78 is 17.1. The molecule has 0 radical (unpaired) electrons. The number of esters is 2. The molecule has 3 aromatic carbocycles. The number of hydrogen-bond donors (Lipinski definition) is 1. The Labute approximate surface area is 165 Å². The molecule has 29 heavy (non-hydrogen) atoms. The Bertz CT molecular complexity index is 1210. The Morgan fingerprint density at radius 3 is 2.52 bits per heavy atom. The van der Waals surface area contributed by atoms with Crippen molar-refractivity contribution in [3.8, 4) is 23.0 Å². The molecular weight excluding hydrogens is 372 g/mol. The van der Waals surface area contributed by atoms with Crippen LogP contribution in [0.5, 0.6) is 23.0 Å². The predicted octanol–water partition coefficient (Wildman–Crippen LogP) is 4.05. The zero-order valence-corrected chi connectivity index (χ0v) is 15.0. The van der Waals surface area contributed by atoms with Crippen molar-refractivity contribution in [1.29, 1.82) is 0 Å². The maximum absolute atomic E-state index is 12.7. The van der Waals surface area contributed by atoms with Gasteiger partial charge in [0.15, 0.2) is 5.60 Å². The molecule has 0 bridgehead atoms. The van der Waals surface area contributed by atoms with E-state index in [0.29, 0.717) is 33.8 Å². The van der Waals surface area contributed by atoms with E-state index in [-0.39, 0.29) is 11.5 Å². The van der Waals surface area contributed by atoms with Crippen molar-refractivity contribution in [2.75, 3.05) is 0 Å². The summed E-state index contributed by atoms with van der Waals surface area (Å²) in [4.78, 5) is 24.2. The number of phenols is 1. The first kappa shape index (κ1) is 17.1. The quantitative estimate of drug-likeness (QED) is 0.406. The van der Waals surface area contributed by atoms with Gasteiger partial charge in [-0.1, -0.05) is 24.8 Å². The highest BCUT2D eigenvalue weighted by atomic mass is 16.6. The van der Waals surface area contributed by atoms with E-state index in [4.69, 9.17) is 14.2 Å². The number of benzene rings is 3. The van der Waals surface area contributed by atoms with Crippen LogP contribution in [0, 0.1) is 0 Å². The summed E-state index contributed by atoms with van der Waals surface area (Å²) in [6.07, 6.45) is 1.06. The first-order valence-electron chi connectivity index (χ1n) is 8.86. The zero-order valence-electron chi connectivity index (χ0n) is 15.0. The van der Waals surface area contributed by atoms with Crippen molar-refractivity contribution < 1.29 is 28.9 Å². The number of hydrogen-bond acceptors (Lipinski definition) is 6. The lowest BCUT2D eigenvalue weighted by molar-refractivity contribution is -0.128. The first-order valence-corrected chi connectivity index (χ1v) is 8.86. The molecule has 6 nitrogen and oxygen atoms in total. The highest BCUT2D eigenvalue weighted by Gasteiger charge is 2.53. The molecule has 1 spiro atoms. The maximum Gasteiger partial charge on any atom is 0.340 e. The molecule has 0 unspecified atom stereocenters. The summed E-state index contributed by atoms with van der Waals surface area (Å²) in [5.74, 6) is -0.101. The van der Waals surface area contributed by atoms with Gasteiger partial charge >= 0.3 is 11.9 Å². The van der Waals surface area contributed by atoms with Crippen LogP contribution in [-0.2, 0) is 15.1 Å². The van der Waals surface area contributed by atoms with Crippen molar-refractivity contribution in [3.63, 3.8) is 0 Å². The van der Waals surface area contributed by atoms with E-state index in [9.17, 15) is 14.7 Å². The van der Waals surface area contributed by atoms with Crippen LogP contribution in [-0.4, -0.2) is 17.0 Å². The van der Waals surface area contributed by atoms with E-state index in [0.717, 1.165) is 6.08 Å². The topological polar surface area (TPSA) is 82.1 Å². The van der Waals surface area contributed by atoms with E-state index >= 15 is 0 Å². The highest BCUT2D eigenvalue weighted by Crippen LogP contribution is 2.56. The van der Waals surface area contributed by atoms with Gasteiger partial charge in [-0.05, 0) is 30.3 Å². The average Bonchev–Trinajstić information content (AvgIpc) is 3.01. The molecule has 2 heterocycles. The Hall–Kier alpha value is -4.06. The summed E-state index contributed by atoms with van der Waals surface area (Å²) >= 11 is 0. The van der Waals surface area contributed by atoms with Gasteiger partial charge in [0.05, 0.1) is 5.56 Å². The van der Waals surface area contributed by atoms with Crippen LogP contribution in [0.2, 0.25) is 0 Å². The molecule has 142 valence electrons. The molecule has 0 aliphatic carbocycles. The number of phenolic OH excluding ortho intramolecular Hbond substituents is 1. The smallest absolute Gasteiger partial charge is 0.340 e. The Kier molecular flexibility index (Phi) is 3.51. The molecule has 3 aromatic rings. The highest BCUT2D eigenvalue weighted by molar-refractivity contribution is 5.97. The standard InChI is InChI=1S/C23H14O6/c1-2-21(25)27-14-8-10-18-20(12-14)28-19-11-13(24)7-9-17(19)23(18)16-6-4-3-5-15(16)22(26)29-23/h2-12,24H,1H2/t23-/m0/s1. The van der Waals surface area contributed by atoms with Gasteiger partial charge < -0.3 is 19.3 Å². The summed E-state index contributed by atoms with van der Waals surface area (Å²) in [5, 5.41) is 9.95. The molecule has 1 N–H and O–H groups in total. The van der Waals surface area contributed by atoms with Gasteiger partial charge in [-0.25, -0.2) is 9.59 Å². The molecule has 2 aliphatic heterocycles. The number of rotatable bonds is 2. The van der Waals surface area contributed by atoms with Crippen LogP contribution in [0.1, 0.15) is 27.0 Å². The lowest BCUT2D eigenvalue weighted by Crippen LogP contribution is -2.33. The number of fused-ring (bicyclic) bond motifs is 6. The number of carbonyl (C=O) groups is 2. The second-order valence-corrected chi connectivity index (χ2v) is 6.68. The fraction of sp³-hybridized carbons (Fsp3) is 0.0435. The molecule has 6 heteroatoms. The molecule has 0 amide bonds. The minimum Gasteiger partial charge on any atom is -0.508 e. The summed E-state index contributed by atoms with van der Waals surface area (Å²) in [7, 11) is 0. The molecule has 1 atom stereocenters. The third kappa shape index (κ3) is 2.36. The van der Waals surface area contributed by atoms with Gasteiger partial charge in [-0.3, -0.25) is 0 Å². The molecule has 0 saturated heterocycles. The molecule has 2 aliphatic rings. The molecule has 0 aromatic heterocycles.